The van der Waals surface area contributed by atoms with Gasteiger partial charge in [0, 0.05) is 38.1 Å². The van der Waals surface area contributed by atoms with E-state index >= 15 is 0 Å². The van der Waals surface area contributed by atoms with Crippen LogP contribution in [0.5, 0.6) is 11.5 Å². The SMILES string of the molecule is CC(=O)Nc1cc(C)cc(COc2c(Br)cc(CCC(=O)O)cc2Br)c1.CC(=O)Nc1cc(COc2c(Cl)cc(CCC(=O)O)cc2Cl)cc(C(F)(F)F)c1. The van der Waals surface area contributed by atoms with Crippen LogP contribution in [-0.2, 0) is 51.4 Å². The predicted octanol–water partition coefficient (Wildman–Crippen LogP) is 10.6. The van der Waals surface area contributed by atoms with Gasteiger partial charge < -0.3 is 30.3 Å². The first-order chi connectivity index (χ1) is 25.7. The van der Waals surface area contributed by atoms with E-state index in [0.29, 0.717) is 24.3 Å². The summed E-state index contributed by atoms with van der Waals surface area (Å²) in [6, 6.07) is 15.5. The van der Waals surface area contributed by atoms with Crippen LogP contribution in [-0.4, -0.2) is 34.0 Å². The third kappa shape index (κ3) is 15.4. The number of halogens is 7. The smallest absolute Gasteiger partial charge is 0.416 e. The Kier molecular flexibility index (Phi) is 16.9. The van der Waals surface area contributed by atoms with Crippen molar-refractivity contribution in [1.29, 1.82) is 0 Å². The number of carboxylic acid groups (broad SMARTS) is 2. The van der Waals surface area contributed by atoms with Gasteiger partial charge in [-0.15, -0.1) is 0 Å². The van der Waals surface area contributed by atoms with Crippen LogP contribution in [0.2, 0.25) is 10.0 Å². The molecule has 17 heteroatoms. The molecular formula is C38H35Br2Cl2F3N2O8. The maximum atomic E-state index is 13.1. The van der Waals surface area contributed by atoms with Gasteiger partial charge in [-0.2, -0.15) is 13.2 Å². The fraction of sp³-hybridized carbons (Fsp3) is 0.263. The van der Waals surface area contributed by atoms with Gasteiger partial charge in [-0.1, -0.05) is 29.3 Å². The number of hydrogen-bond acceptors (Lipinski definition) is 6. The molecule has 0 aliphatic carbocycles. The Morgan fingerprint density at radius 2 is 1.09 bits per heavy atom. The van der Waals surface area contributed by atoms with Gasteiger partial charge in [-0.05, 0) is 134 Å². The number of amides is 2. The molecule has 4 aromatic rings. The van der Waals surface area contributed by atoms with E-state index in [1.165, 1.54) is 32.0 Å². The number of carboxylic acids is 2. The van der Waals surface area contributed by atoms with Crippen molar-refractivity contribution in [2.75, 3.05) is 10.6 Å². The lowest BCUT2D eigenvalue weighted by Crippen LogP contribution is -2.11. The van der Waals surface area contributed by atoms with E-state index in [0.717, 1.165) is 43.5 Å². The number of benzene rings is 4. The molecule has 4 rings (SSSR count). The third-order valence-corrected chi connectivity index (χ3v) is 8.98. The van der Waals surface area contributed by atoms with Gasteiger partial charge in [0.25, 0.3) is 0 Å². The number of alkyl halides is 3. The van der Waals surface area contributed by atoms with Crippen molar-refractivity contribution in [3.8, 4) is 11.5 Å². The van der Waals surface area contributed by atoms with E-state index in [4.69, 9.17) is 42.9 Å². The summed E-state index contributed by atoms with van der Waals surface area (Å²) in [6.07, 6.45) is -3.98. The van der Waals surface area contributed by atoms with Crippen molar-refractivity contribution in [3.63, 3.8) is 0 Å². The van der Waals surface area contributed by atoms with Crippen molar-refractivity contribution in [3.05, 3.63) is 113 Å². The minimum absolute atomic E-state index is 0.0212. The van der Waals surface area contributed by atoms with Crippen molar-refractivity contribution in [2.45, 2.75) is 65.8 Å². The van der Waals surface area contributed by atoms with Crippen LogP contribution < -0.4 is 20.1 Å². The lowest BCUT2D eigenvalue weighted by Gasteiger charge is -2.15. The summed E-state index contributed by atoms with van der Waals surface area (Å²) in [6.45, 7) is 4.66. The first-order valence-corrected chi connectivity index (χ1v) is 18.6. The monoisotopic (exact) mass is 932 g/mol. The summed E-state index contributed by atoms with van der Waals surface area (Å²) < 4.78 is 52.3. The lowest BCUT2D eigenvalue weighted by molar-refractivity contribution is -0.138. The zero-order chi connectivity index (χ0) is 41.0. The molecule has 0 atom stereocenters. The number of carbonyl (C=O) groups is 4. The van der Waals surface area contributed by atoms with Gasteiger partial charge >= 0.3 is 18.1 Å². The highest BCUT2D eigenvalue weighted by Crippen LogP contribution is 2.38. The normalized spacial score (nSPS) is 10.9. The van der Waals surface area contributed by atoms with E-state index in [1.54, 1.807) is 0 Å². The maximum Gasteiger partial charge on any atom is 0.416 e. The number of nitrogens with one attached hydrogen (secondary N) is 2. The first kappa shape index (κ1) is 45.1. The summed E-state index contributed by atoms with van der Waals surface area (Å²) in [5, 5.41) is 22.8. The molecular weight excluding hydrogens is 900 g/mol. The minimum atomic E-state index is -4.61. The third-order valence-electron chi connectivity index (χ3n) is 7.24. The van der Waals surface area contributed by atoms with Crippen LogP contribution in [0.25, 0.3) is 0 Å². The standard InChI is InChI=1S/C19H19Br2NO4.C19H16Cl2F3NO4/c1-11-5-14(7-15(6-11)22-12(2)23)10-26-19-16(20)8-13(9-17(19)21)3-4-18(24)25;1-10(26)25-14-5-12(4-13(8-14)19(22,23)24)9-29-18-15(20)6-11(7-16(18)21)2-3-17(27)28/h5-9H,3-4,10H2,1-2H3,(H,22,23)(H,24,25);4-8H,2-3,9H2,1H3,(H,25,26)(H,27,28). The first-order valence-electron chi connectivity index (χ1n) is 16.2. The molecule has 2 amide bonds. The molecule has 55 heavy (non-hydrogen) atoms. The Balaban J connectivity index is 0.000000297. The van der Waals surface area contributed by atoms with E-state index in [-0.39, 0.29) is 58.8 Å². The van der Waals surface area contributed by atoms with Crippen molar-refractivity contribution in [2.24, 2.45) is 0 Å². The number of hydrogen-bond donors (Lipinski definition) is 4. The molecule has 0 saturated carbocycles. The second-order valence-electron chi connectivity index (χ2n) is 12.1. The van der Waals surface area contributed by atoms with E-state index in [9.17, 15) is 32.3 Å². The number of ether oxygens (including phenoxy) is 2. The summed E-state index contributed by atoms with van der Waals surface area (Å²) >= 11 is 19.2. The molecule has 4 aromatic carbocycles. The molecule has 0 aliphatic rings. The molecule has 294 valence electrons. The number of aryl methyl sites for hydroxylation is 3. The van der Waals surface area contributed by atoms with Gasteiger partial charge in [0.1, 0.15) is 19.0 Å². The van der Waals surface area contributed by atoms with Crippen LogP contribution in [0.1, 0.15) is 60.1 Å². The molecule has 0 saturated heterocycles. The summed E-state index contributed by atoms with van der Waals surface area (Å²) in [5.41, 5.74) is 3.36. The molecule has 0 heterocycles. The van der Waals surface area contributed by atoms with Gasteiger partial charge in [0.15, 0.2) is 5.75 Å². The Labute approximate surface area is 341 Å². The predicted molar refractivity (Wildman–Crippen MR) is 210 cm³/mol. The van der Waals surface area contributed by atoms with Crippen LogP contribution in [0.3, 0.4) is 0 Å². The van der Waals surface area contributed by atoms with Crippen molar-refractivity contribution in [1.82, 2.24) is 0 Å². The highest BCUT2D eigenvalue weighted by molar-refractivity contribution is 9.11. The Morgan fingerprint density at radius 1 is 0.655 bits per heavy atom. The highest BCUT2D eigenvalue weighted by Gasteiger charge is 2.31. The lowest BCUT2D eigenvalue weighted by atomic mass is 10.1. The number of anilines is 2. The maximum absolute atomic E-state index is 13.1. The molecule has 0 radical (unpaired) electrons. The quantitative estimate of drug-likeness (QED) is 0.0976. The largest absolute Gasteiger partial charge is 0.487 e. The second-order valence-corrected chi connectivity index (χ2v) is 14.7. The number of carbonyl (C=O) groups excluding carboxylic acids is 2. The zero-order valence-corrected chi connectivity index (χ0v) is 34.2. The van der Waals surface area contributed by atoms with E-state index < -0.39 is 29.6 Å². The average molecular weight is 935 g/mol. The number of rotatable bonds is 14. The van der Waals surface area contributed by atoms with Gasteiger partial charge in [-0.3, -0.25) is 19.2 Å². The molecule has 0 bridgehead atoms. The molecule has 0 fully saturated rings. The van der Waals surface area contributed by atoms with Crippen LogP contribution in [0, 0.1) is 6.92 Å². The van der Waals surface area contributed by atoms with Gasteiger partial charge in [0.2, 0.25) is 11.8 Å². The summed E-state index contributed by atoms with van der Waals surface area (Å²) in [5.74, 6) is -1.73. The van der Waals surface area contributed by atoms with Crippen LogP contribution in [0.15, 0.2) is 69.6 Å². The second kappa shape index (κ2) is 20.6. The average Bonchev–Trinajstić information content (AvgIpc) is 3.04. The number of aliphatic carboxylic acids is 2. The topological polar surface area (TPSA) is 151 Å². The molecule has 0 unspecified atom stereocenters. The highest BCUT2D eigenvalue weighted by atomic mass is 79.9. The van der Waals surface area contributed by atoms with Crippen LogP contribution >= 0.6 is 55.1 Å². The fourth-order valence-electron chi connectivity index (χ4n) is 5.04. The van der Waals surface area contributed by atoms with Gasteiger partial charge in [-0.25, -0.2) is 0 Å². The zero-order valence-electron chi connectivity index (χ0n) is 29.5. The Bertz CT molecular complexity index is 2020. The van der Waals surface area contributed by atoms with Gasteiger partial charge in [0.05, 0.1) is 24.6 Å². The van der Waals surface area contributed by atoms with Crippen LogP contribution in [0.4, 0.5) is 24.5 Å². The molecule has 10 nitrogen and oxygen atoms in total. The van der Waals surface area contributed by atoms with Crippen molar-refractivity contribution >= 4 is 90.2 Å². The van der Waals surface area contributed by atoms with E-state index in [2.05, 4.69) is 42.5 Å². The Hall–Kier alpha value is -4.31. The molecule has 0 aliphatic heterocycles. The Morgan fingerprint density at radius 3 is 1.55 bits per heavy atom. The molecule has 0 spiro atoms. The van der Waals surface area contributed by atoms with Crippen molar-refractivity contribution < 1.29 is 52.0 Å². The summed E-state index contributed by atoms with van der Waals surface area (Å²) in [4.78, 5) is 43.8. The fourth-order valence-corrected chi connectivity index (χ4v) is 7.19. The molecule has 0 aromatic heterocycles. The summed E-state index contributed by atoms with van der Waals surface area (Å²) in [7, 11) is 0. The van der Waals surface area contributed by atoms with E-state index in [1.807, 2.05) is 37.3 Å². The minimum Gasteiger partial charge on any atom is -0.487 e. The molecule has 4 N–H and O–H groups in total.